The van der Waals surface area contributed by atoms with E-state index in [1.807, 2.05) is 48.5 Å². The third-order valence-electron chi connectivity index (χ3n) is 4.47. The Morgan fingerprint density at radius 1 is 1.09 bits per heavy atom. The van der Waals surface area contributed by atoms with Crippen LogP contribution in [0.3, 0.4) is 0 Å². The molecule has 0 amide bonds. The summed E-state index contributed by atoms with van der Waals surface area (Å²) in [6, 6.07) is 15.4. The van der Waals surface area contributed by atoms with Crippen LogP contribution in [0.5, 0.6) is 0 Å². The van der Waals surface area contributed by atoms with Crippen molar-refractivity contribution in [2.75, 3.05) is 26.3 Å². The molecule has 116 valence electrons. The summed E-state index contributed by atoms with van der Waals surface area (Å²) < 4.78 is 5.44. The summed E-state index contributed by atoms with van der Waals surface area (Å²) in [5, 5.41) is 11.6. The first-order chi connectivity index (χ1) is 10.7. The molecule has 1 aliphatic rings. The predicted octanol–water partition coefficient (Wildman–Crippen LogP) is 2.04. The van der Waals surface area contributed by atoms with Gasteiger partial charge in [0.1, 0.15) is 5.60 Å². The van der Waals surface area contributed by atoms with Crippen LogP contribution in [0.4, 0.5) is 0 Å². The second kappa shape index (κ2) is 6.57. The normalized spacial score (nSPS) is 20.3. The number of morpholine rings is 1. The van der Waals surface area contributed by atoms with E-state index in [-0.39, 0.29) is 6.04 Å². The molecular formula is C18H22N2O2. The van der Waals surface area contributed by atoms with Gasteiger partial charge in [-0.25, -0.2) is 0 Å². The summed E-state index contributed by atoms with van der Waals surface area (Å²) in [4.78, 5) is 6.70. The lowest BCUT2D eigenvalue weighted by Crippen LogP contribution is -2.53. The maximum atomic E-state index is 11.6. The van der Waals surface area contributed by atoms with E-state index in [4.69, 9.17) is 4.74 Å². The molecule has 0 saturated carbocycles. The monoisotopic (exact) mass is 298 g/mol. The fourth-order valence-electron chi connectivity index (χ4n) is 3.11. The van der Waals surface area contributed by atoms with E-state index in [9.17, 15) is 5.11 Å². The van der Waals surface area contributed by atoms with Gasteiger partial charge in [-0.05, 0) is 24.6 Å². The molecule has 1 aliphatic heterocycles. The van der Waals surface area contributed by atoms with Gasteiger partial charge in [0.05, 0.1) is 18.9 Å². The highest BCUT2D eigenvalue weighted by atomic mass is 16.5. The van der Waals surface area contributed by atoms with E-state index >= 15 is 0 Å². The van der Waals surface area contributed by atoms with E-state index in [1.54, 1.807) is 6.20 Å². The zero-order chi connectivity index (χ0) is 15.4. The molecular weight excluding hydrogens is 276 g/mol. The van der Waals surface area contributed by atoms with Crippen molar-refractivity contribution in [3.8, 4) is 0 Å². The summed E-state index contributed by atoms with van der Waals surface area (Å²) in [6.45, 7) is 5.12. The van der Waals surface area contributed by atoms with Crippen LogP contribution < -0.4 is 0 Å². The number of aliphatic hydroxyl groups is 1. The SMILES string of the molecule is CC(N1CCOCC1)C(O)(c1ccccc1)c1ccccn1. The Bertz CT molecular complexity index is 543. The summed E-state index contributed by atoms with van der Waals surface area (Å²) in [7, 11) is 0. The molecule has 1 saturated heterocycles. The van der Waals surface area contributed by atoms with Crippen molar-refractivity contribution in [1.29, 1.82) is 0 Å². The van der Waals surface area contributed by atoms with Gasteiger partial charge in [-0.3, -0.25) is 9.88 Å². The number of pyridine rings is 1. The van der Waals surface area contributed by atoms with Gasteiger partial charge in [0.15, 0.2) is 0 Å². The van der Waals surface area contributed by atoms with Crippen molar-refractivity contribution < 1.29 is 9.84 Å². The van der Waals surface area contributed by atoms with Crippen LogP contribution in [0.15, 0.2) is 54.7 Å². The molecule has 1 N–H and O–H groups in total. The smallest absolute Gasteiger partial charge is 0.146 e. The number of rotatable bonds is 4. The maximum Gasteiger partial charge on any atom is 0.146 e. The molecule has 0 spiro atoms. The molecule has 0 radical (unpaired) electrons. The highest BCUT2D eigenvalue weighted by molar-refractivity contribution is 5.34. The number of nitrogens with zero attached hydrogens (tertiary/aromatic N) is 2. The molecule has 1 fully saturated rings. The fraction of sp³-hybridized carbons (Fsp3) is 0.389. The molecule has 0 bridgehead atoms. The minimum Gasteiger partial charge on any atom is -0.379 e. The van der Waals surface area contributed by atoms with Crippen LogP contribution in [-0.2, 0) is 10.3 Å². The number of hydrogen-bond acceptors (Lipinski definition) is 4. The van der Waals surface area contributed by atoms with E-state index in [1.165, 1.54) is 0 Å². The van der Waals surface area contributed by atoms with Gasteiger partial charge < -0.3 is 9.84 Å². The van der Waals surface area contributed by atoms with Crippen molar-refractivity contribution >= 4 is 0 Å². The molecule has 1 aromatic heterocycles. The van der Waals surface area contributed by atoms with Crippen molar-refractivity contribution in [1.82, 2.24) is 9.88 Å². The molecule has 4 heteroatoms. The highest BCUT2D eigenvalue weighted by Gasteiger charge is 2.42. The highest BCUT2D eigenvalue weighted by Crippen LogP contribution is 2.34. The number of aromatic nitrogens is 1. The van der Waals surface area contributed by atoms with Gasteiger partial charge >= 0.3 is 0 Å². The van der Waals surface area contributed by atoms with Gasteiger partial charge in [-0.1, -0.05) is 36.4 Å². The average molecular weight is 298 g/mol. The summed E-state index contributed by atoms with van der Waals surface area (Å²) in [5.41, 5.74) is 0.410. The van der Waals surface area contributed by atoms with Crippen LogP contribution in [-0.4, -0.2) is 47.3 Å². The third-order valence-corrected chi connectivity index (χ3v) is 4.47. The van der Waals surface area contributed by atoms with Crippen LogP contribution in [0.25, 0.3) is 0 Å². The molecule has 3 rings (SSSR count). The summed E-state index contributed by atoms with van der Waals surface area (Å²) in [5.74, 6) is 0. The number of benzene rings is 1. The van der Waals surface area contributed by atoms with E-state index in [0.29, 0.717) is 18.9 Å². The first-order valence-corrected chi connectivity index (χ1v) is 7.74. The fourth-order valence-corrected chi connectivity index (χ4v) is 3.11. The Balaban J connectivity index is 2.03. The molecule has 2 heterocycles. The number of ether oxygens (including phenoxy) is 1. The molecule has 22 heavy (non-hydrogen) atoms. The van der Waals surface area contributed by atoms with Gasteiger partial charge in [0.25, 0.3) is 0 Å². The first kappa shape index (κ1) is 15.2. The topological polar surface area (TPSA) is 45.6 Å². The molecule has 2 aromatic rings. The van der Waals surface area contributed by atoms with Crippen molar-refractivity contribution in [3.63, 3.8) is 0 Å². The average Bonchev–Trinajstić information content (AvgIpc) is 2.62. The molecule has 1 aromatic carbocycles. The van der Waals surface area contributed by atoms with Gasteiger partial charge in [-0.15, -0.1) is 0 Å². The van der Waals surface area contributed by atoms with E-state index in [2.05, 4.69) is 16.8 Å². The molecule has 2 atom stereocenters. The van der Waals surface area contributed by atoms with Gasteiger partial charge in [0.2, 0.25) is 0 Å². The van der Waals surface area contributed by atoms with E-state index < -0.39 is 5.60 Å². The van der Waals surface area contributed by atoms with Crippen LogP contribution in [0, 0.1) is 0 Å². The standard InChI is InChI=1S/C18H22N2O2/c1-15(20-11-13-22-14-12-20)18(21,16-7-3-2-4-8-16)17-9-5-6-10-19-17/h2-10,15,21H,11-14H2,1H3. The zero-order valence-electron chi connectivity index (χ0n) is 12.9. The Morgan fingerprint density at radius 2 is 1.77 bits per heavy atom. The second-order valence-corrected chi connectivity index (χ2v) is 5.67. The van der Waals surface area contributed by atoms with Crippen molar-refractivity contribution in [2.45, 2.75) is 18.6 Å². The quantitative estimate of drug-likeness (QED) is 0.938. The van der Waals surface area contributed by atoms with E-state index in [0.717, 1.165) is 18.7 Å². The van der Waals surface area contributed by atoms with Crippen LogP contribution >= 0.6 is 0 Å². The maximum absolute atomic E-state index is 11.6. The van der Waals surface area contributed by atoms with Crippen molar-refractivity contribution in [3.05, 3.63) is 66.0 Å². The molecule has 4 nitrogen and oxygen atoms in total. The Hall–Kier alpha value is -1.75. The lowest BCUT2D eigenvalue weighted by molar-refractivity contribution is -0.0550. The number of hydrogen-bond donors (Lipinski definition) is 1. The van der Waals surface area contributed by atoms with Crippen LogP contribution in [0.2, 0.25) is 0 Å². The predicted molar refractivity (Wildman–Crippen MR) is 85.5 cm³/mol. The minimum absolute atomic E-state index is 0.0892. The van der Waals surface area contributed by atoms with Gasteiger partial charge in [0, 0.05) is 25.3 Å². The lowest BCUT2D eigenvalue weighted by atomic mass is 9.82. The molecule has 2 unspecified atom stereocenters. The zero-order valence-corrected chi connectivity index (χ0v) is 12.9. The second-order valence-electron chi connectivity index (χ2n) is 5.67. The Kier molecular flexibility index (Phi) is 4.52. The third kappa shape index (κ3) is 2.77. The molecule has 0 aliphatic carbocycles. The minimum atomic E-state index is -1.14. The van der Waals surface area contributed by atoms with Gasteiger partial charge in [-0.2, -0.15) is 0 Å². The summed E-state index contributed by atoms with van der Waals surface area (Å²) in [6.07, 6.45) is 1.73. The summed E-state index contributed by atoms with van der Waals surface area (Å²) >= 11 is 0. The Labute approximate surface area is 131 Å². The Morgan fingerprint density at radius 3 is 2.41 bits per heavy atom. The first-order valence-electron chi connectivity index (χ1n) is 7.74. The largest absolute Gasteiger partial charge is 0.379 e. The lowest BCUT2D eigenvalue weighted by Gasteiger charge is -2.42. The van der Waals surface area contributed by atoms with Crippen LogP contribution in [0.1, 0.15) is 18.2 Å². The van der Waals surface area contributed by atoms with Crippen molar-refractivity contribution in [2.24, 2.45) is 0 Å².